The van der Waals surface area contributed by atoms with Crippen LogP contribution < -0.4 is 5.32 Å². The summed E-state index contributed by atoms with van der Waals surface area (Å²) < 4.78 is 0. The molecule has 6 heteroatoms. The van der Waals surface area contributed by atoms with Crippen LogP contribution in [-0.2, 0) is 0 Å². The van der Waals surface area contributed by atoms with E-state index >= 15 is 0 Å². The summed E-state index contributed by atoms with van der Waals surface area (Å²) in [6.45, 7) is 6.66. The second-order valence-corrected chi connectivity index (χ2v) is 5.42. The van der Waals surface area contributed by atoms with E-state index in [1.165, 1.54) is 13.1 Å². The summed E-state index contributed by atoms with van der Waals surface area (Å²) in [6.07, 6.45) is 0. The summed E-state index contributed by atoms with van der Waals surface area (Å²) in [5.41, 5.74) is 0.279. The Kier molecular flexibility index (Phi) is 3.56. The minimum absolute atomic E-state index is 0.279. The average molecular weight is 278 g/mol. The van der Waals surface area contributed by atoms with Crippen LogP contribution in [0.2, 0.25) is 5.02 Å². The van der Waals surface area contributed by atoms with Gasteiger partial charge in [0.1, 0.15) is 11.9 Å². The predicted octanol–water partition coefficient (Wildman–Crippen LogP) is 1.02. The fourth-order valence-electron chi connectivity index (χ4n) is 2.76. The van der Waals surface area contributed by atoms with E-state index < -0.39 is 0 Å². The first-order valence-electron chi connectivity index (χ1n) is 6.53. The largest absolute Gasteiger partial charge is 0.368 e. The molecule has 0 spiro atoms. The van der Waals surface area contributed by atoms with Crippen LogP contribution in [0, 0.1) is 11.3 Å². The van der Waals surface area contributed by atoms with Crippen LogP contribution in [0.15, 0.2) is 12.1 Å². The molecule has 19 heavy (non-hydrogen) atoms. The van der Waals surface area contributed by atoms with E-state index in [-0.39, 0.29) is 5.69 Å². The fourth-order valence-corrected chi connectivity index (χ4v) is 2.91. The standard InChI is InChI=1S/C13H16ClN5/c14-11-1-2-13(17-12(11)7-15)16-8-10-9-18-3-5-19(10)6-4-18/h1-2,10H,3-6,8-9H2,(H,16,17). The molecule has 100 valence electrons. The second-order valence-electron chi connectivity index (χ2n) is 5.01. The molecule has 0 radical (unpaired) electrons. The van der Waals surface area contributed by atoms with Crippen molar-refractivity contribution in [1.29, 1.82) is 5.26 Å². The number of halogens is 1. The van der Waals surface area contributed by atoms with Crippen LogP contribution in [0.5, 0.6) is 0 Å². The van der Waals surface area contributed by atoms with Crippen molar-refractivity contribution in [3.05, 3.63) is 22.8 Å². The zero-order valence-corrected chi connectivity index (χ0v) is 11.4. The number of aromatic nitrogens is 1. The Morgan fingerprint density at radius 2 is 2.16 bits per heavy atom. The summed E-state index contributed by atoms with van der Waals surface area (Å²) >= 11 is 5.87. The molecule has 4 rings (SSSR count). The number of piperazine rings is 3. The zero-order chi connectivity index (χ0) is 13.2. The summed E-state index contributed by atoms with van der Waals surface area (Å²) in [7, 11) is 0. The number of hydrogen-bond donors (Lipinski definition) is 1. The SMILES string of the molecule is N#Cc1nc(NCC2CN3CCN2CC3)ccc1Cl. The highest BCUT2D eigenvalue weighted by atomic mass is 35.5. The number of fused-ring (bicyclic) bond motifs is 3. The first kappa shape index (κ1) is 12.7. The van der Waals surface area contributed by atoms with E-state index in [1.54, 1.807) is 6.07 Å². The Bertz CT molecular complexity index is 504. The maximum absolute atomic E-state index is 8.91. The van der Waals surface area contributed by atoms with Crippen LogP contribution >= 0.6 is 11.6 Å². The third-order valence-electron chi connectivity index (χ3n) is 3.86. The summed E-state index contributed by atoms with van der Waals surface area (Å²) in [5, 5.41) is 12.6. The van der Waals surface area contributed by atoms with Crippen molar-refractivity contribution in [2.24, 2.45) is 0 Å². The van der Waals surface area contributed by atoms with E-state index in [9.17, 15) is 0 Å². The molecule has 0 aromatic carbocycles. The zero-order valence-electron chi connectivity index (χ0n) is 10.6. The van der Waals surface area contributed by atoms with Gasteiger partial charge in [-0.2, -0.15) is 5.26 Å². The lowest BCUT2D eigenvalue weighted by Gasteiger charge is -2.47. The van der Waals surface area contributed by atoms with Crippen LogP contribution in [0.1, 0.15) is 5.69 Å². The minimum Gasteiger partial charge on any atom is -0.368 e. The van der Waals surface area contributed by atoms with Crippen molar-refractivity contribution in [3.8, 4) is 6.07 Å². The first-order valence-corrected chi connectivity index (χ1v) is 6.91. The van der Waals surface area contributed by atoms with Gasteiger partial charge in [-0.3, -0.25) is 9.80 Å². The molecule has 0 saturated carbocycles. The van der Waals surface area contributed by atoms with E-state index in [1.807, 2.05) is 12.1 Å². The van der Waals surface area contributed by atoms with Gasteiger partial charge in [-0.25, -0.2) is 4.98 Å². The summed E-state index contributed by atoms with van der Waals surface area (Å²) in [6, 6.07) is 6.07. The summed E-state index contributed by atoms with van der Waals surface area (Å²) in [4.78, 5) is 9.23. The molecule has 0 aliphatic carbocycles. The third-order valence-corrected chi connectivity index (χ3v) is 4.17. The first-order chi connectivity index (χ1) is 9.26. The monoisotopic (exact) mass is 277 g/mol. The lowest BCUT2D eigenvalue weighted by molar-refractivity contribution is 0.0189. The van der Waals surface area contributed by atoms with Gasteiger partial charge in [-0.15, -0.1) is 0 Å². The predicted molar refractivity (Wildman–Crippen MR) is 74.3 cm³/mol. The molecule has 3 aliphatic heterocycles. The van der Waals surface area contributed by atoms with E-state index in [2.05, 4.69) is 20.1 Å². The van der Waals surface area contributed by atoms with Gasteiger partial charge in [0.05, 0.1) is 5.02 Å². The van der Waals surface area contributed by atoms with Gasteiger partial charge in [0.2, 0.25) is 0 Å². The van der Waals surface area contributed by atoms with Crippen molar-refractivity contribution < 1.29 is 0 Å². The normalized spacial score (nSPS) is 28.9. The lowest BCUT2D eigenvalue weighted by atomic mass is 10.1. The van der Waals surface area contributed by atoms with Gasteiger partial charge in [0.15, 0.2) is 5.69 Å². The maximum Gasteiger partial charge on any atom is 0.161 e. The van der Waals surface area contributed by atoms with Crippen molar-refractivity contribution in [1.82, 2.24) is 14.8 Å². The number of nitriles is 1. The van der Waals surface area contributed by atoms with Crippen LogP contribution in [0.3, 0.4) is 0 Å². The number of nitrogens with zero attached hydrogens (tertiary/aromatic N) is 4. The molecule has 0 amide bonds. The Labute approximate surface area is 117 Å². The summed E-state index contributed by atoms with van der Waals surface area (Å²) in [5.74, 6) is 0.721. The number of pyridine rings is 1. The van der Waals surface area contributed by atoms with Gasteiger partial charge >= 0.3 is 0 Å². The molecular formula is C13H16ClN5. The van der Waals surface area contributed by atoms with Crippen molar-refractivity contribution >= 4 is 17.4 Å². The van der Waals surface area contributed by atoms with E-state index in [0.29, 0.717) is 11.1 Å². The van der Waals surface area contributed by atoms with Crippen LogP contribution in [0.4, 0.5) is 5.82 Å². The molecule has 2 bridgehead atoms. The highest BCUT2D eigenvalue weighted by Gasteiger charge is 2.31. The minimum atomic E-state index is 0.279. The Morgan fingerprint density at radius 1 is 1.37 bits per heavy atom. The van der Waals surface area contributed by atoms with Gasteiger partial charge in [0.25, 0.3) is 0 Å². The highest BCUT2D eigenvalue weighted by Crippen LogP contribution is 2.18. The maximum atomic E-state index is 8.91. The molecule has 3 aliphatic rings. The second kappa shape index (κ2) is 5.33. The highest BCUT2D eigenvalue weighted by molar-refractivity contribution is 6.31. The number of anilines is 1. The smallest absolute Gasteiger partial charge is 0.161 e. The number of hydrogen-bond acceptors (Lipinski definition) is 5. The van der Waals surface area contributed by atoms with Gasteiger partial charge in [0, 0.05) is 45.3 Å². The molecule has 3 fully saturated rings. The molecule has 1 unspecified atom stereocenters. The van der Waals surface area contributed by atoms with Crippen molar-refractivity contribution in [2.75, 3.05) is 44.6 Å². The van der Waals surface area contributed by atoms with Gasteiger partial charge < -0.3 is 5.32 Å². The van der Waals surface area contributed by atoms with Crippen LogP contribution in [0.25, 0.3) is 0 Å². The molecule has 3 saturated heterocycles. The number of rotatable bonds is 3. The number of nitrogens with one attached hydrogen (secondary N) is 1. The van der Waals surface area contributed by atoms with E-state index in [0.717, 1.165) is 32.0 Å². The molecule has 1 atom stereocenters. The van der Waals surface area contributed by atoms with Crippen molar-refractivity contribution in [3.63, 3.8) is 0 Å². The quantitative estimate of drug-likeness (QED) is 0.894. The Hall–Kier alpha value is -1.35. The Morgan fingerprint density at radius 3 is 2.79 bits per heavy atom. The molecular weight excluding hydrogens is 262 g/mol. The Balaban J connectivity index is 1.62. The third kappa shape index (κ3) is 2.66. The molecule has 1 aromatic heterocycles. The molecule has 1 aromatic rings. The van der Waals surface area contributed by atoms with Crippen LogP contribution in [-0.4, -0.2) is 60.1 Å². The topological polar surface area (TPSA) is 55.2 Å². The molecule has 5 nitrogen and oxygen atoms in total. The van der Waals surface area contributed by atoms with Gasteiger partial charge in [-0.05, 0) is 12.1 Å². The fraction of sp³-hybridized carbons (Fsp3) is 0.538. The van der Waals surface area contributed by atoms with E-state index in [4.69, 9.17) is 16.9 Å². The van der Waals surface area contributed by atoms with Gasteiger partial charge in [-0.1, -0.05) is 11.6 Å². The molecule has 4 heterocycles. The average Bonchev–Trinajstić information content (AvgIpc) is 2.47. The molecule has 1 N–H and O–H groups in total. The van der Waals surface area contributed by atoms with Crippen molar-refractivity contribution in [2.45, 2.75) is 6.04 Å². The lowest BCUT2D eigenvalue weighted by Crippen LogP contribution is -2.62.